The zero-order valence-corrected chi connectivity index (χ0v) is 18.9. The first-order valence-corrected chi connectivity index (χ1v) is 11.8. The van der Waals surface area contributed by atoms with Gasteiger partial charge in [-0.1, -0.05) is 72.8 Å². The van der Waals surface area contributed by atoms with Gasteiger partial charge < -0.3 is 4.74 Å². The molecule has 1 nitrogen and oxygen atoms in total. The minimum absolute atomic E-state index is 0.689. The monoisotopic (exact) mass is 402 g/mol. The van der Waals surface area contributed by atoms with E-state index in [1.807, 2.05) is 6.92 Å². The van der Waals surface area contributed by atoms with Gasteiger partial charge in [0.05, 0.1) is 13.2 Å². The highest BCUT2D eigenvalue weighted by atomic mass is 16.5. The third kappa shape index (κ3) is 6.99. The fourth-order valence-corrected chi connectivity index (χ4v) is 4.53. The third-order valence-electron chi connectivity index (χ3n) is 6.43. The Balaban J connectivity index is 1.48. The Morgan fingerprint density at radius 3 is 2.00 bits per heavy atom. The molecule has 0 radical (unpaired) electrons. The summed E-state index contributed by atoms with van der Waals surface area (Å²) < 4.78 is 5.73. The molecule has 0 amide bonds. The Kier molecular flexibility index (Phi) is 9.44. The molecule has 1 heteroatoms. The molecule has 0 saturated heterocycles. The molecule has 2 aromatic rings. The number of rotatable bonds is 10. The molecule has 0 aliphatic heterocycles. The predicted octanol–water partition coefficient (Wildman–Crippen LogP) is 8.47. The molecular formula is C29H38O. The molecule has 0 unspecified atom stereocenters. The smallest absolute Gasteiger partial charge is 0.0717 e. The van der Waals surface area contributed by atoms with Crippen LogP contribution in [0.1, 0.15) is 75.8 Å². The summed E-state index contributed by atoms with van der Waals surface area (Å²) in [5.41, 5.74) is 5.35. The van der Waals surface area contributed by atoms with Crippen LogP contribution in [0.25, 0.3) is 11.1 Å². The van der Waals surface area contributed by atoms with Gasteiger partial charge in [-0.3, -0.25) is 0 Å². The number of hydrogen-bond acceptors (Lipinski definition) is 1. The maximum Gasteiger partial charge on any atom is 0.0717 e. The molecule has 30 heavy (non-hydrogen) atoms. The zero-order chi connectivity index (χ0) is 21.0. The third-order valence-corrected chi connectivity index (χ3v) is 6.43. The van der Waals surface area contributed by atoms with E-state index in [1.165, 1.54) is 60.8 Å². The average Bonchev–Trinajstić information content (AvgIpc) is 2.80. The normalized spacial score (nSPS) is 19.7. The second kappa shape index (κ2) is 12.5. The maximum absolute atomic E-state index is 5.73. The van der Waals surface area contributed by atoms with Gasteiger partial charge in [0.1, 0.15) is 0 Å². The van der Waals surface area contributed by atoms with E-state index >= 15 is 0 Å². The summed E-state index contributed by atoms with van der Waals surface area (Å²) in [5, 5.41) is 0. The lowest BCUT2D eigenvalue weighted by atomic mass is 9.77. The summed E-state index contributed by atoms with van der Waals surface area (Å²) in [7, 11) is 0. The van der Waals surface area contributed by atoms with Crippen molar-refractivity contribution < 1.29 is 4.74 Å². The molecular weight excluding hydrogens is 364 g/mol. The van der Waals surface area contributed by atoms with Crippen molar-refractivity contribution in [2.75, 3.05) is 6.61 Å². The Bertz CT molecular complexity index is 774. The molecule has 0 bridgehead atoms. The van der Waals surface area contributed by atoms with Gasteiger partial charge in [0.25, 0.3) is 0 Å². The Hall–Kier alpha value is -2.12. The average molecular weight is 403 g/mol. The van der Waals surface area contributed by atoms with Crippen LogP contribution in [0, 0.1) is 5.92 Å². The predicted molar refractivity (Wildman–Crippen MR) is 130 cm³/mol. The minimum Gasteiger partial charge on any atom is -0.376 e. The second-order valence-corrected chi connectivity index (χ2v) is 8.59. The second-order valence-electron chi connectivity index (χ2n) is 8.59. The van der Waals surface area contributed by atoms with E-state index in [-0.39, 0.29) is 0 Å². The largest absolute Gasteiger partial charge is 0.376 e. The summed E-state index contributed by atoms with van der Waals surface area (Å²) in [4.78, 5) is 0. The first-order valence-electron chi connectivity index (χ1n) is 11.8. The lowest BCUT2D eigenvalue weighted by molar-refractivity contribution is 0.125. The Morgan fingerprint density at radius 1 is 0.767 bits per heavy atom. The maximum atomic E-state index is 5.73. The number of ether oxygens (including phenoxy) is 1. The fourth-order valence-electron chi connectivity index (χ4n) is 4.53. The molecule has 0 spiro atoms. The summed E-state index contributed by atoms with van der Waals surface area (Å²) >= 11 is 0. The van der Waals surface area contributed by atoms with Crippen LogP contribution >= 0.6 is 0 Å². The molecule has 0 aromatic heterocycles. The van der Waals surface area contributed by atoms with Crippen molar-refractivity contribution in [3.63, 3.8) is 0 Å². The van der Waals surface area contributed by atoms with Gasteiger partial charge in [-0.15, -0.1) is 0 Å². The van der Waals surface area contributed by atoms with E-state index in [9.17, 15) is 0 Å². The molecule has 1 saturated carbocycles. The van der Waals surface area contributed by atoms with Gasteiger partial charge >= 0.3 is 0 Å². The van der Waals surface area contributed by atoms with Crippen LogP contribution < -0.4 is 0 Å². The van der Waals surface area contributed by atoms with Crippen molar-refractivity contribution in [2.45, 2.75) is 71.3 Å². The van der Waals surface area contributed by atoms with Crippen LogP contribution in [0.2, 0.25) is 0 Å². The van der Waals surface area contributed by atoms with Gasteiger partial charge in [0, 0.05) is 0 Å². The highest BCUT2D eigenvalue weighted by Crippen LogP contribution is 2.38. The summed E-state index contributed by atoms with van der Waals surface area (Å²) in [6, 6.07) is 18.1. The number of hydrogen-bond donors (Lipinski definition) is 0. The summed E-state index contributed by atoms with van der Waals surface area (Å²) in [6.07, 6.45) is 17.8. The highest BCUT2D eigenvalue weighted by molar-refractivity contribution is 5.64. The van der Waals surface area contributed by atoms with Crippen LogP contribution in [0.3, 0.4) is 0 Å². The van der Waals surface area contributed by atoms with Crippen molar-refractivity contribution in [2.24, 2.45) is 5.92 Å². The topological polar surface area (TPSA) is 9.23 Å². The lowest BCUT2D eigenvalue weighted by Crippen LogP contribution is -2.13. The molecule has 3 rings (SSSR count). The fraction of sp³-hybridized carbons (Fsp3) is 0.448. The van der Waals surface area contributed by atoms with Gasteiger partial charge in [-0.2, -0.15) is 0 Å². The van der Waals surface area contributed by atoms with Crippen LogP contribution in [0.15, 0.2) is 72.8 Å². The Morgan fingerprint density at radius 2 is 1.37 bits per heavy atom. The van der Waals surface area contributed by atoms with Crippen LogP contribution in [0.4, 0.5) is 0 Å². The van der Waals surface area contributed by atoms with Crippen LogP contribution in [0.5, 0.6) is 0 Å². The van der Waals surface area contributed by atoms with Crippen molar-refractivity contribution >= 4 is 0 Å². The molecule has 0 atom stereocenters. The molecule has 1 fully saturated rings. The van der Waals surface area contributed by atoms with Crippen molar-refractivity contribution in [1.82, 2.24) is 0 Å². The van der Waals surface area contributed by atoms with Gasteiger partial charge in [0.2, 0.25) is 0 Å². The standard InChI is InChI=1S/C29H38O/c1-3-5-7-9-24-10-14-26(15-11-24)28-18-20-29(21-19-28)27-16-12-25(13-17-27)23-30-22-8-6-4-2/h3-6,12-13,16-21,24,26H,7-11,14-15,22-23H2,1-2H3/b5-3+,6-4+. The van der Waals surface area contributed by atoms with E-state index in [1.54, 1.807) is 0 Å². The van der Waals surface area contributed by atoms with Crippen molar-refractivity contribution in [1.29, 1.82) is 0 Å². The molecule has 0 heterocycles. The van der Waals surface area contributed by atoms with E-state index in [4.69, 9.17) is 4.74 Å². The highest BCUT2D eigenvalue weighted by Gasteiger charge is 2.21. The Labute approximate surface area is 183 Å². The number of benzene rings is 2. The van der Waals surface area contributed by atoms with Crippen molar-refractivity contribution in [3.8, 4) is 11.1 Å². The summed E-state index contributed by atoms with van der Waals surface area (Å²) in [5.74, 6) is 1.68. The van der Waals surface area contributed by atoms with E-state index in [2.05, 4.69) is 79.8 Å². The van der Waals surface area contributed by atoms with Crippen LogP contribution in [-0.4, -0.2) is 6.61 Å². The molecule has 1 aliphatic carbocycles. The van der Waals surface area contributed by atoms with Crippen molar-refractivity contribution in [3.05, 3.63) is 84.0 Å². The quantitative estimate of drug-likeness (QED) is 0.286. The van der Waals surface area contributed by atoms with Gasteiger partial charge in [-0.25, -0.2) is 0 Å². The van der Waals surface area contributed by atoms with E-state index < -0.39 is 0 Å². The van der Waals surface area contributed by atoms with Gasteiger partial charge in [-0.05, 0) is 92.9 Å². The number of allylic oxidation sites excluding steroid dienone is 3. The SMILES string of the molecule is C/C=C/CCOCc1ccc(-c2ccc(C3CCC(CC/C=C/C)CC3)cc2)cc1. The molecule has 0 N–H and O–H groups in total. The molecule has 2 aromatic carbocycles. The lowest BCUT2D eigenvalue weighted by Gasteiger charge is -2.28. The first-order chi connectivity index (χ1) is 14.8. The van der Waals surface area contributed by atoms with E-state index in [0.717, 1.165) is 24.9 Å². The zero-order valence-electron chi connectivity index (χ0n) is 18.9. The van der Waals surface area contributed by atoms with Gasteiger partial charge in [0.15, 0.2) is 0 Å². The summed E-state index contributed by atoms with van der Waals surface area (Å²) in [6.45, 7) is 5.64. The first kappa shape index (κ1) is 22.6. The minimum atomic E-state index is 0.689. The molecule has 1 aliphatic rings. The van der Waals surface area contributed by atoms with E-state index in [0.29, 0.717) is 6.61 Å². The molecule has 160 valence electrons. The van der Waals surface area contributed by atoms with Crippen LogP contribution in [-0.2, 0) is 11.3 Å².